The van der Waals surface area contributed by atoms with Crippen LogP contribution in [0.3, 0.4) is 0 Å². The van der Waals surface area contributed by atoms with Crippen molar-refractivity contribution < 1.29 is 23.9 Å². The summed E-state index contributed by atoms with van der Waals surface area (Å²) in [4.78, 5) is 35.1. The zero-order valence-corrected chi connectivity index (χ0v) is 14.0. The smallest absolute Gasteiger partial charge is 0.233 e. The van der Waals surface area contributed by atoms with Gasteiger partial charge in [-0.25, -0.2) is 0 Å². The van der Waals surface area contributed by atoms with Gasteiger partial charge >= 0.3 is 0 Å². The van der Waals surface area contributed by atoms with Crippen molar-refractivity contribution in [2.24, 2.45) is 0 Å². The summed E-state index contributed by atoms with van der Waals surface area (Å²) in [5.74, 6) is 0.0148. The lowest BCUT2D eigenvalue weighted by Crippen LogP contribution is -2.21. The first-order valence-electron chi connectivity index (χ1n) is 7.86. The Morgan fingerprint density at radius 3 is 2.15 bits per heavy atom. The minimum absolute atomic E-state index is 0.146. The summed E-state index contributed by atoms with van der Waals surface area (Å²) in [6, 6.07) is 11.6. The third-order valence-corrected chi connectivity index (χ3v) is 3.44. The maximum Gasteiger partial charge on any atom is 0.233 e. The van der Waals surface area contributed by atoms with Gasteiger partial charge in [-0.15, -0.1) is 0 Å². The Labute approximate surface area is 149 Å². The van der Waals surface area contributed by atoms with Gasteiger partial charge < -0.3 is 25.4 Å². The number of rotatable bonds is 5. The number of hydrogen-bond acceptors (Lipinski definition) is 5. The summed E-state index contributed by atoms with van der Waals surface area (Å²) in [5, 5.41) is 7.87. The molecule has 1 heterocycles. The van der Waals surface area contributed by atoms with Gasteiger partial charge in [-0.05, 0) is 30.3 Å². The standard InChI is InChI=1S/C18H17N3O5/c1-11(22)19-12-3-2-4-13(7-12)20-17(23)9-18(24)21-14-5-6-15-16(8-14)26-10-25-15/h2-8H,9-10H2,1H3,(H,19,22)(H,20,23)(H,21,24). The number of benzene rings is 2. The lowest BCUT2D eigenvalue weighted by atomic mass is 10.2. The summed E-state index contributed by atoms with van der Waals surface area (Å²) in [6.45, 7) is 1.54. The number of fused-ring (bicyclic) bond motifs is 1. The molecule has 3 N–H and O–H groups in total. The van der Waals surface area contributed by atoms with E-state index in [9.17, 15) is 14.4 Å². The lowest BCUT2D eigenvalue weighted by molar-refractivity contribution is -0.123. The average molecular weight is 355 g/mol. The van der Waals surface area contributed by atoms with Gasteiger partial charge in [-0.2, -0.15) is 0 Å². The highest BCUT2D eigenvalue weighted by molar-refractivity contribution is 6.08. The molecule has 0 saturated heterocycles. The van der Waals surface area contributed by atoms with Gasteiger partial charge in [0.1, 0.15) is 6.42 Å². The molecule has 2 aromatic rings. The molecular weight excluding hydrogens is 338 g/mol. The number of amides is 3. The van der Waals surface area contributed by atoms with Gasteiger partial charge in [-0.1, -0.05) is 6.07 Å². The third kappa shape index (κ3) is 4.50. The maximum absolute atomic E-state index is 12.0. The fourth-order valence-corrected chi connectivity index (χ4v) is 2.41. The molecule has 3 rings (SSSR count). The van der Waals surface area contributed by atoms with Crippen molar-refractivity contribution in [3.8, 4) is 11.5 Å². The van der Waals surface area contributed by atoms with E-state index in [-0.39, 0.29) is 19.1 Å². The van der Waals surface area contributed by atoms with E-state index in [0.29, 0.717) is 28.6 Å². The van der Waals surface area contributed by atoms with Gasteiger partial charge in [0.15, 0.2) is 11.5 Å². The molecule has 1 aliphatic heterocycles. The lowest BCUT2D eigenvalue weighted by Gasteiger charge is -2.09. The average Bonchev–Trinajstić information content (AvgIpc) is 3.01. The van der Waals surface area contributed by atoms with Crippen LogP contribution in [0, 0.1) is 0 Å². The molecular formula is C18H17N3O5. The van der Waals surface area contributed by atoms with Crippen molar-refractivity contribution in [2.45, 2.75) is 13.3 Å². The van der Waals surface area contributed by atoms with E-state index in [1.54, 1.807) is 42.5 Å². The van der Waals surface area contributed by atoms with Gasteiger partial charge in [-0.3, -0.25) is 14.4 Å². The molecule has 8 heteroatoms. The molecule has 0 unspecified atom stereocenters. The van der Waals surface area contributed by atoms with E-state index >= 15 is 0 Å². The molecule has 0 bridgehead atoms. The van der Waals surface area contributed by atoms with Gasteiger partial charge in [0, 0.05) is 30.1 Å². The van der Waals surface area contributed by atoms with Crippen LogP contribution in [0.4, 0.5) is 17.1 Å². The second kappa shape index (κ2) is 7.56. The van der Waals surface area contributed by atoms with Crippen LogP contribution in [0.25, 0.3) is 0 Å². The minimum Gasteiger partial charge on any atom is -0.454 e. The molecule has 0 aromatic heterocycles. The van der Waals surface area contributed by atoms with Crippen LogP contribution in [0.2, 0.25) is 0 Å². The van der Waals surface area contributed by atoms with Crippen LogP contribution in [0.5, 0.6) is 11.5 Å². The zero-order valence-electron chi connectivity index (χ0n) is 14.0. The Morgan fingerprint density at radius 2 is 1.46 bits per heavy atom. The second-order valence-electron chi connectivity index (χ2n) is 5.60. The fraction of sp³-hybridized carbons (Fsp3) is 0.167. The Hall–Kier alpha value is -3.55. The Bertz CT molecular complexity index is 866. The van der Waals surface area contributed by atoms with Crippen molar-refractivity contribution >= 4 is 34.8 Å². The third-order valence-electron chi connectivity index (χ3n) is 3.44. The minimum atomic E-state index is -0.469. The highest BCUT2D eigenvalue weighted by Gasteiger charge is 2.15. The SMILES string of the molecule is CC(=O)Nc1cccc(NC(=O)CC(=O)Nc2ccc3c(c2)OCO3)c1. The largest absolute Gasteiger partial charge is 0.454 e. The molecule has 2 aromatic carbocycles. The van der Waals surface area contributed by atoms with Crippen molar-refractivity contribution in [1.29, 1.82) is 0 Å². The van der Waals surface area contributed by atoms with Crippen molar-refractivity contribution in [3.05, 3.63) is 42.5 Å². The fourth-order valence-electron chi connectivity index (χ4n) is 2.41. The van der Waals surface area contributed by atoms with Crippen LogP contribution in [0.1, 0.15) is 13.3 Å². The molecule has 0 aliphatic carbocycles. The molecule has 3 amide bonds. The van der Waals surface area contributed by atoms with Gasteiger partial charge in [0.25, 0.3) is 0 Å². The predicted molar refractivity (Wildman–Crippen MR) is 95.2 cm³/mol. The number of anilines is 3. The number of carbonyl (C=O) groups excluding carboxylic acids is 3. The molecule has 134 valence electrons. The zero-order chi connectivity index (χ0) is 18.5. The van der Waals surface area contributed by atoms with Gasteiger partial charge in [0.2, 0.25) is 24.5 Å². The molecule has 0 fully saturated rings. The molecule has 1 aliphatic rings. The summed E-state index contributed by atoms with van der Waals surface area (Å²) >= 11 is 0. The van der Waals surface area contributed by atoms with Crippen molar-refractivity contribution in [3.63, 3.8) is 0 Å². The molecule has 0 saturated carbocycles. The van der Waals surface area contributed by atoms with Crippen molar-refractivity contribution in [2.75, 3.05) is 22.7 Å². The number of carbonyl (C=O) groups is 3. The van der Waals surface area contributed by atoms with Crippen LogP contribution < -0.4 is 25.4 Å². The first-order valence-corrected chi connectivity index (χ1v) is 7.86. The summed E-state index contributed by atoms with van der Waals surface area (Å²) in [6.07, 6.45) is -0.348. The Kier molecular flexibility index (Phi) is 5.02. The topological polar surface area (TPSA) is 106 Å². The summed E-state index contributed by atoms with van der Waals surface area (Å²) in [7, 11) is 0. The Balaban J connectivity index is 1.54. The molecule has 0 radical (unpaired) electrons. The quantitative estimate of drug-likeness (QED) is 0.714. The van der Waals surface area contributed by atoms with E-state index in [1.807, 2.05) is 0 Å². The van der Waals surface area contributed by atoms with Crippen LogP contribution in [-0.4, -0.2) is 24.5 Å². The van der Waals surface area contributed by atoms with Crippen LogP contribution >= 0.6 is 0 Å². The Morgan fingerprint density at radius 1 is 0.846 bits per heavy atom. The molecule has 26 heavy (non-hydrogen) atoms. The first-order chi connectivity index (χ1) is 12.5. The van der Waals surface area contributed by atoms with E-state index in [2.05, 4.69) is 16.0 Å². The molecule has 0 spiro atoms. The maximum atomic E-state index is 12.0. The molecule has 0 atom stereocenters. The number of ether oxygens (including phenoxy) is 2. The highest BCUT2D eigenvalue weighted by atomic mass is 16.7. The normalized spacial score (nSPS) is 11.6. The van der Waals surface area contributed by atoms with E-state index in [0.717, 1.165) is 0 Å². The van der Waals surface area contributed by atoms with Crippen LogP contribution in [0.15, 0.2) is 42.5 Å². The summed E-state index contributed by atoms with van der Waals surface area (Å²) < 4.78 is 10.4. The van der Waals surface area contributed by atoms with Crippen molar-refractivity contribution in [1.82, 2.24) is 0 Å². The van der Waals surface area contributed by atoms with Crippen LogP contribution in [-0.2, 0) is 14.4 Å². The van der Waals surface area contributed by atoms with E-state index in [1.165, 1.54) is 6.92 Å². The second-order valence-corrected chi connectivity index (χ2v) is 5.60. The highest BCUT2D eigenvalue weighted by Crippen LogP contribution is 2.34. The first kappa shape index (κ1) is 17.3. The summed E-state index contributed by atoms with van der Waals surface area (Å²) in [5.41, 5.74) is 1.55. The monoisotopic (exact) mass is 355 g/mol. The van der Waals surface area contributed by atoms with E-state index in [4.69, 9.17) is 9.47 Å². The van der Waals surface area contributed by atoms with Gasteiger partial charge in [0.05, 0.1) is 0 Å². The van der Waals surface area contributed by atoms with E-state index < -0.39 is 11.8 Å². The predicted octanol–water partition coefficient (Wildman–Crippen LogP) is 2.34. The number of nitrogens with one attached hydrogen (secondary N) is 3. The number of hydrogen-bond donors (Lipinski definition) is 3. The molecule has 8 nitrogen and oxygen atoms in total.